The minimum absolute atomic E-state index is 0.193. The molecule has 0 saturated heterocycles. The molecule has 2 aromatic heterocycles. The fourth-order valence-corrected chi connectivity index (χ4v) is 2.38. The van der Waals surface area contributed by atoms with Gasteiger partial charge in [-0.15, -0.1) is 0 Å². The van der Waals surface area contributed by atoms with Crippen LogP contribution < -0.4 is 20.5 Å². The van der Waals surface area contributed by atoms with E-state index in [9.17, 15) is 0 Å². The number of hydrogen-bond acceptors (Lipinski definition) is 7. The van der Waals surface area contributed by atoms with Crippen molar-refractivity contribution < 1.29 is 9.47 Å². The predicted octanol–water partition coefficient (Wildman–Crippen LogP) is 1.73. The van der Waals surface area contributed by atoms with E-state index in [0.29, 0.717) is 22.7 Å². The van der Waals surface area contributed by atoms with Crippen LogP contribution in [0.15, 0.2) is 18.2 Å². The summed E-state index contributed by atoms with van der Waals surface area (Å²) in [7, 11) is 1.89. The van der Waals surface area contributed by atoms with E-state index in [2.05, 4.69) is 20.3 Å². The summed E-state index contributed by atoms with van der Waals surface area (Å²) in [5.74, 6) is 3.01. The molecule has 22 heavy (non-hydrogen) atoms. The van der Waals surface area contributed by atoms with Crippen LogP contribution >= 0.6 is 0 Å². The molecule has 1 aliphatic rings. The first-order valence-electron chi connectivity index (χ1n) is 6.75. The van der Waals surface area contributed by atoms with Gasteiger partial charge in [-0.2, -0.15) is 9.97 Å². The number of ether oxygens (including phenoxy) is 2. The Balaban J connectivity index is 1.79. The standard InChI is InChI=1S/C14H14N6O2/c1-7-16-11-12(18-14(15)19-13(11)20(7)2)17-8-3-4-9-10(5-8)22-6-21-9/h3-5H,6H2,1-2H3,(H3,15,17,18,19). The number of benzene rings is 1. The number of imidazole rings is 1. The van der Waals surface area contributed by atoms with Crippen LogP contribution in [0.4, 0.5) is 17.5 Å². The van der Waals surface area contributed by atoms with Crippen LogP contribution in [-0.4, -0.2) is 26.3 Å². The minimum atomic E-state index is 0.193. The van der Waals surface area contributed by atoms with Crippen molar-refractivity contribution in [1.29, 1.82) is 0 Å². The lowest BCUT2D eigenvalue weighted by atomic mass is 10.2. The van der Waals surface area contributed by atoms with Gasteiger partial charge < -0.3 is 25.1 Å². The number of aromatic nitrogens is 4. The highest BCUT2D eigenvalue weighted by Crippen LogP contribution is 2.35. The maximum absolute atomic E-state index is 5.80. The number of nitrogens with one attached hydrogen (secondary N) is 1. The van der Waals surface area contributed by atoms with E-state index in [-0.39, 0.29) is 12.7 Å². The number of nitrogens with zero attached hydrogens (tertiary/aromatic N) is 4. The molecule has 0 atom stereocenters. The van der Waals surface area contributed by atoms with Crippen LogP contribution in [0.25, 0.3) is 11.2 Å². The molecule has 0 spiro atoms. The molecule has 8 heteroatoms. The molecule has 112 valence electrons. The summed E-state index contributed by atoms with van der Waals surface area (Å²) in [6, 6.07) is 5.58. The van der Waals surface area contributed by atoms with Gasteiger partial charge in [0.25, 0.3) is 0 Å². The van der Waals surface area contributed by atoms with E-state index in [1.165, 1.54) is 0 Å². The Morgan fingerprint density at radius 2 is 2.00 bits per heavy atom. The predicted molar refractivity (Wildman–Crippen MR) is 81.3 cm³/mol. The molecule has 0 aliphatic carbocycles. The zero-order valence-corrected chi connectivity index (χ0v) is 12.1. The molecular formula is C14H14N6O2. The van der Waals surface area contributed by atoms with Crippen molar-refractivity contribution >= 4 is 28.6 Å². The average Bonchev–Trinajstić information content (AvgIpc) is 3.06. The molecule has 0 amide bonds. The Kier molecular flexibility index (Phi) is 2.59. The Labute approximate surface area is 125 Å². The van der Waals surface area contributed by atoms with Gasteiger partial charge in [0, 0.05) is 18.8 Å². The summed E-state index contributed by atoms with van der Waals surface area (Å²) in [4.78, 5) is 13.0. The van der Waals surface area contributed by atoms with Crippen LogP contribution in [-0.2, 0) is 7.05 Å². The number of nitrogens with two attached hydrogens (primary N) is 1. The molecule has 0 unspecified atom stereocenters. The van der Waals surface area contributed by atoms with Gasteiger partial charge in [0.2, 0.25) is 12.7 Å². The number of anilines is 3. The number of fused-ring (bicyclic) bond motifs is 2. The van der Waals surface area contributed by atoms with Crippen LogP contribution in [0.1, 0.15) is 5.82 Å². The Bertz CT molecular complexity index is 889. The van der Waals surface area contributed by atoms with Gasteiger partial charge in [0.1, 0.15) is 5.82 Å². The van der Waals surface area contributed by atoms with Gasteiger partial charge >= 0.3 is 0 Å². The van der Waals surface area contributed by atoms with Gasteiger partial charge in [-0.25, -0.2) is 4.98 Å². The maximum atomic E-state index is 5.80. The highest BCUT2D eigenvalue weighted by Gasteiger charge is 2.16. The second kappa shape index (κ2) is 4.48. The van der Waals surface area contributed by atoms with Crippen molar-refractivity contribution in [3.8, 4) is 11.5 Å². The normalized spacial score (nSPS) is 12.8. The molecule has 3 N–H and O–H groups in total. The smallest absolute Gasteiger partial charge is 0.231 e. The first-order chi connectivity index (χ1) is 10.6. The van der Waals surface area contributed by atoms with E-state index in [4.69, 9.17) is 15.2 Å². The molecule has 0 fully saturated rings. The third-order valence-electron chi connectivity index (χ3n) is 3.59. The maximum Gasteiger partial charge on any atom is 0.231 e. The third-order valence-corrected chi connectivity index (χ3v) is 3.59. The SMILES string of the molecule is Cc1nc2c(Nc3ccc4c(c3)OCO4)nc(N)nc2n1C. The monoisotopic (exact) mass is 298 g/mol. The van der Waals surface area contributed by atoms with Crippen molar-refractivity contribution in [2.24, 2.45) is 7.05 Å². The lowest BCUT2D eigenvalue weighted by Gasteiger charge is -2.07. The Morgan fingerprint density at radius 1 is 1.18 bits per heavy atom. The number of hydrogen-bond donors (Lipinski definition) is 2. The molecule has 1 aromatic carbocycles. The highest BCUT2D eigenvalue weighted by molar-refractivity contribution is 5.87. The largest absolute Gasteiger partial charge is 0.454 e. The fraction of sp³-hybridized carbons (Fsp3) is 0.214. The first-order valence-corrected chi connectivity index (χ1v) is 6.75. The lowest BCUT2D eigenvalue weighted by molar-refractivity contribution is 0.174. The van der Waals surface area contributed by atoms with E-state index >= 15 is 0 Å². The van der Waals surface area contributed by atoms with E-state index in [0.717, 1.165) is 17.3 Å². The molecule has 8 nitrogen and oxygen atoms in total. The fourth-order valence-electron chi connectivity index (χ4n) is 2.38. The molecule has 0 saturated carbocycles. The Hall–Kier alpha value is -3.03. The van der Waals surface area contributed by atoms with Crippen LogP contribution in [0.3, 0.4) is 0 Å². The van der Waals surface area contributed by atoms with Crippen molar-refractivity contribution in [3.63, 3.8) is 0 Å². The molecule has 1 aliphatic heterocycles. The number of rotatable bonds is 2. The van der Waals surface area contributed by atoms with E-state index in [1.54, 1.807) is 0 Å². The molecule has 0 bridgehead atoms. The van der Waals surface area contributed by atoms with Gasteiger partial charge in [0.15, 0.2) is 28.5 Å². The zero-order chi connectivity index (χ0) is 15.3. The molecular weight excluding hydrogens is 284 g/mol. The van der Waals surface area contributed by atoms with Crippen molar-refractivity contribution in [2.45, 2.75) is 6.92 Å². The van der Waals surface area contributed by atoms with Crippen molar-refractivity contribution in [3.05, 3.63) is 24.0 Å². The van der Waals surface area contributed by atoms with E-state index < -0.39 is 0 Å². The van der Waals surface area contributed by atoms with Crippen molar-refractivity contribution in [2.75, 3.05) is 17.8 Å². The summed E-state index contributed by atoms with van der Waals surface area (Å²) < 4.78 is 12.5. The second-order valence-electron chi connectivity index (χ2n) is 5.01. The topological polar surface area (TPSA) is 100 Å². The summed E-state index contributed by atoms with van der Waals surface area (Å²) in [6.45, 7) is 2.14. The Morgan fingerprint density at radius 3 is 2.86 bits per heavy atom. The third kappa shape index (κ3) is 1.88. The lowest BCUT2D eigenvalue weighted by Crippen LogP contribution is -2.02. The minimum Gasteiger partial charge on any atom is -0.454 e. The van der Waals surface area contributed by atoms with Crippen molar-refractivity contribution in [1.82, 2.24) is 19.5 Å². The van der Waals surface area contributed by atoms with Gasteiger partial charge in [-0.05, 0) is 19.1 Å². The van der Waals surface area contributed by atoms with Gasteiger partial charge in [-0.3, -0.25) is 0 Å². The molecule has 3 heterocycles. The second-order valence-corrected chi connectivity index (χ2v) is 5.01. The quantitative estimate of drug-likeness (QED) is 0.743. The molecule has 4 rings (SSSR count). The van der Waals surface area contributed by atoms with Crippen LogP contribution in [0.2, 0.25) is 0 Å². The zero-order valence-electron chi connectivity index (χ0n) is 12.1. The average molecular weight is 298 g/mol. The highest BCUT2D eigenvalue weighted by atomic mass is 16.7. The number of aryl methyl sites for hydroxylation is 2. The van der Waals surface area contributed by atoms with Crippen LogP contribution in [0, 0.1) is 6.92 Å². The van der Waals surface area contributed by atoms with Gasteiger partial charge in [0.05, 0.1) is 0 Å². The van der Waals surface area contributed by atoms with E-state index in [1.807, 2.05) is 36.7 Å². The summed E-state index contributed by atoms with van der Waals surface area (Å²) in [6.07, 6.45) is 0. The number of nitrogen functional groups attached to an aromatic ring is 1. The summed E-state index contributed by atoms with van der Waals surface area (Å²) in [5, 5.41) is 3.22. The van der Waals surface area contributed by atoms with Gasteiger partial charge in [-0.1, -0.05) is 0 Å². The van der Waals surface area contributed by atoms with Crippen LogP contribution in [0.5, 0.6) is 11.5 Å². The first kappa shape index (κ1) is 12.7. The molecule has 3 aromatic rings. The summed E-state index contributed by atoms with van der Waals surface area (Å²) >= 11 is 0. The molecule has 0 radical (unpaired) electrons. The summed E-state index contributed by atoms with van der Waals surface area (Å²) in [5.41, 5.74) is 7.97.